The van der Waals surface area contributed by atoms with Crippen molar-refractivity contribution in [1.29, 1.82) is 0 Å². The van der Waals surface area contributed by atoms with Gasteiger partial charge in [-0.15, -0.1) is 0 Å². The summed E-state index contributed by atoms with van der Waals surface area (Å²) in [5.41, 5.74) is 3.17. The number of rotatable bonds is 4. The highest BCUT2D eigenvalue weighted by molar-refractivity contribution is 7.90. The minimum absolute atomic E-state index is 0.138. The fraction of sp³-hybridized carbons (Fsp3) is 0.238. The van der Waals surface area contributed by atoms with Crippen LogP contribution >= 0.6 is 0 Å². The maximum atomic E-state index is 12.7. The quantitative estimate of drug-likeness (QED) is 0.803. The van der Waals surface area contributed by atoms with E-state index in [4.69, 9.17) is 0 Å². The Bertz CT molecular complexity index is 1040. The van der Waals surface area contributed by atoms with E-state index in [1.54, 1.807) is 41.3 Å². The van der Waals surface area contributed by atoms with Gasteiger partial charge in [0.25, 0.3) is 5.91 Å². The third-order valence-electron chi connectivity index (χ3n) is 4.51. The molecule has 1 aliphatic rings. The number of benzene rings is 2. The molecule has 1 N–H and O–H groups in total. The predicted octanol–water partition coefficient (Wildman–Crippen LogP) is 3.04. The summed E-state index contributed by atoms with van der Waals surface area (Å²) in [4.78, 5) is 25.7. The van der Waals surface area contributed by atoms with Crippen LogP contribution in [0.2, 0.25) is 0 Å². The highest BCUT2D eigenvalue weighted by atomic mass is 32.2. The van der Waals surface area contributed by atoms with Gasteiger partial charge in [0, 0.05) is 37.2 Å². The second-order valence-electron chi connectivity index (χ2n) is 6.79. The van der Waals surface area contributed by atoms with Gasteiger partial charge in [-0.2, -0.15) is 0 Å². The van der Waals surface area contributed by atoms with E-state index in [1.807, 2.05) is 12.1 Å². The second kappa shape index (κ2) is 7.98. The molecule has 28 heavy (non-hydrogen) atoms. The maximum Gasteiger partial charge on any atom is 0.250 e. The Hall–Kier alpha value is -2.93. The first-order valence-electron chi connectivity index (χ1n) is 8.94. The molecule has 0 aliphatic carbocycles. The van der Waals surface area contributed by atoms with E-state index >= 15 is 0 Å². The summed E-state index contributed by atoms with van der Waals surface area (Å²) < 4.78 is 23.5. The molecule has 146 valence electrons. The molecule has 0 radical (unpaired) electrons. The van der Waals surface area contributed by atoms with Crippen molar-refractivity contribution in [2.24, 2.45) is 0 Å². The zero-order valence-electron chi connectivity index (χ0n) is 15.8. The van der Waals surface area contributed by atoms with Crippen molar-refractivity contribution in [1.82, 2.24) is 0 Å². The summed E-state index contributed by atoms with van der Waals surface area (Å²) in [6.07, 6.45) is 5.94. The molecule has 1 heterocycles. The molecule has 3 rings (SSSR count). The van der Waals surface area contributed by atoms with Gasteiger partial charge in [0.1, 0.15) is 0 Å². The van der Waals surface area contributed by atoms with E-state index in [2.05, 4.69) is 5.32 Å². The van der Waals surface area contributed by atoms with Crippen LogP contribution in [0.15, 0.2) is 53.4 Å². The molecule has 2 aromatic carbocycles. The lowest BCUT2D eigenvalue weighted by molar-refractivity contribution is -0.115. The van der Waals surface area contributed by atoms with Crippen LogP contribution in [0.5, 0.6) is 0 Å². The van der Waals surface area contributed by atoms with Crippen LogP contribution in [0.1, 0.15) is 24.5 Å². The van der Waals surface area contributed by atoms with Crippen molar-refractivity contribution in [3.63, 3.8) is 0 Å². The van der Waals surface area contributed by atoms with Crippen LogP contribution in [0, 0.1) is 0 Å². The number of fused-ring (bicyclic) bond motifs is 1. The van der Waals surface area contributed by atoms with E-state index in [9.17, 15) is 18.0 Å². The van der Waals surface area contributed by atoms with E-state index in [0.717, 1.165) is 29.7 Å². The number of hydrogen-bond acceptors (Lipinski definition) is 4. The summed E-state index contributed by atoms with van der Waals surface area (Å²) in [7, 11) is -3.28. The lowest BCUT2D eigenvalue weighted by Gasteiger charge is -2.29. The number of carbonyl (C=O) groups is 2. The molecular formula is C21H22N2O4S. The van der Waals surface area contributed by atoms with Crippen molar-refractivity contribution in [2.75, 3.05) is 23.0 Å². The van der Waals surface area contributed by atoms with Crippen molar-refractivity contribution in [2.45, 2.75) is 24.7 Å². The molecule has 1 aliphatic heterocycles. The predicted molar refractivity (Wildman–Crippen MR) is 110 cm³/mol. The Labute approximate surface area is 164 Å². The molecular weight excluding hydrogens is 376 g/mol. The smallest absolute Gasteiger partial charge is 0.250 e. The van der Waals surface area contributed by atoms with E-state index in [1.165, 1.54) is 19.3 Å². The number of nitrogens with one attached hydrogen (secondary N) is 1. The standard InChI is InChI=1S/C21H22N2O4S/c1-15(24)22-18-8-5-16(6-9-18)7-12-21(25)23-13-3-4-17-14-19(28(2,26)27)10-11-20(17)23/h5-12,14H,3-4,13H2,1-2H3,(H,22,24)/b12-7+. The minimum Gasteiger partial charge on any atom is -0.326 e. The Balaban J connectivity index is 1.77. The van der Waals surface area contributed by atoms with Crippen LogP contribution in [0.25, 0.3) is 6.08 Å². The van der Waals surface area contributed by atoms with Gasteiger partial charge in [0.2, 0.25) is 5.91 Å². The van der Waals surface area contributed by atoms with Gasteiger partial charge in [-0.25, -0.2) is 8.42 Å². The Morgan fingerprint density at radius 1 is 1.11 bits per heavy atom. The van der Waals surface area contributed by atoms with Crippen LogP contribution < -0.4 is 10.2 Å². The highest BCUT2D eigenvalue weighted by Crippen LogP contribution is 2.29. The number of hydrogen-bond donors (Lipinski definition) is 1. The molecule has 0 aromatic heterocycles. The van der Waals surface area contributed by atoms with Crippen molar-refractivity contribution in [3.05, 3.63) is 59.7 Å². The normalized spacial score (nSPS) is 14.0. The third kappa shape index (κ3) is 4.67. The first-order valence-corrected chi connectivity index (χ1v) is 10.8. The fourth-order valence-electron chi connectivity index (χ4n) is 3.17. The van der Waals surface area contributed by atoms with Crippen LogP contribution in [0.4, 0.5) is 11.4 Å². The molecule has 2 aromatic rings. The third-order valence-corrected chi connectivity index (χ3v) is 5.62. The molecule has 7 heteroatoms. The van der Waals surface area contributed by atoms with Gasteiger partial charge in [0.05, 0.1) is 4.90 Å². The summed E-state index contributed by atoms with van der Waals surface area (Å²) >= 11 is 0. The van der Waals surface area contributed by atoms with E-state index < -0.39 is 9.84 Å². The van der Waals surface area contributed by atoms with Gasteiger partial charge in [-0.1, -0.05) is 12.1 Å². The molecule has 6 nitrogen and oxygen atoms in total. The van der Waals surface area contributed by atoms with Gasteiger partial charge < -0.3 is 10.2 Å². The summed E-state index contributed by atoms with van der Waals surface area (Å²) in [6, 6.07) is 12.1. The molecule has 0 saturated carbocycles. The van der Waals surface area contributed by atoms with E-state index in [-0.39, 0.29) is 16.7 Å². The minimum atomic E-state index is -3.28. The Kier molecular flexibility index (Phi) is 5.65. The lowest BCUT2D eigenvalue weighted by atomic mass is 10.0. The highest BCUT2D eigenvalue weighted by Gasteiger charge is 2.22. The van der Waals surface area contributed by atoms with Crippen molar-refractivity contribution < 1.29 is 18.0 Å². The molecule has 2 amide bonds. The maximum absolute atomic E-state index is 12.7. The largest absolute Gasteiger partial charge is 0.326 e. The van der Waals surface area contributed by atoms with Crippen molar-refractivity contribution in [3.8, 4) is 0 Å². The zero-order valence-corrected chi connectivity index (χ0v) is 16.6. The number of nitrogens with zero attached hydrogens (tertiary/aromatic N) is 1. The topological polar surface area (TPSA) is 83.6 Å². The fourth-order valence-corrected chi connectivity index (χ4v) is 3.84. The van der Waals surface area contributed by atoms with Crippen LogP contribution in [-0.2, 0) is 25.8 Å². The van der Waals surface area contributed by atoms with Crippen LogP contribution in [0.3, 0.4) is 0 Å². The van der Waals surface area contributed by atoms with Gasteiger partial charge >= 0.3 is 0 Å². The average Bonchev–Trinajstić information content (AvgIpc) is 2.65. The average molecular weight is 398 g/mol. The SMILES string of the molecule is CC(=O)Nc1ccc(/C=C/C(=O)N2CCCc3cc(S(C)(=O)=O)ccc32)cc1. The summed E-state index contributed by atoms with van der Waals surface area (Å²) in [5, 5.41) is 2.69. The molecule has 0 saturated heterocycles. The van der Waals surface area contributed by atoms with E-state index in [0.29, 0.717) is 12.2 Å². The molecule has 0 atom stereocenters. The van der Waals surface area contributed by atoms with Gasteiger partial charge in [0.15, 0.2) is 9.84 Å². The molecule has 0 fully saturated rings. The molecule has 0 unspecified atom stereocenters. The number of anilines is 2. The second-order valence-corrected chi connectivity index (χ2v) is 8.81. The Morgan fingerprint density at radius 3 is 2.46 bits per heavy atom. The Morgan fingerprint density at radius 2 is 1.82 bits per heavy atom. The number of amides is 2. The van der Waals surface area contributed by atoms with Crippen molar-refractivity contribution >= 4 is 39.1 Å². The zero-order chi connectivity index (χ0) is 20.3. The summed E-state index contributed by atoms with van der Waals surface area (Å²) in [5.74, 6) is -0.291. The van der Waals surface area contributed by atoms with Gasteiger partial charge in [-0.3, -0.25) is 9.59 Å². The molecule has 0 bridgehead atoms. The van der Waals surface area contributed by atoms with Gasteiger partial charge in [-0.05, 0) is 60.4 Å². The molecule has 0 spiro atoms. The number of sulfone groups is 1. The van der Waals surface area contributed by atoms with Crippen LogP contribution in [-0.4, -0.2) is 33.0 Å². The number of aryl methyl sites for hydroxylation is 1. The lowest BCUT2D eigenvalue weighted by Crippen LogP contribution is -2.34. The number of carbonyl (C=O) groups excluding carboxylic acids is 2. The first kappa shape index (κ1) is 19.8. The first-order chi connectivity index (χ1) is 13.2. The summed E-state index contributed by atoms with van der Waals surface area (Å²) in [6.45, 7) is 2.04. The monoisotopic (exact) mass is 398 g/mol.